The lowest BCUT2D eigenvalue weighted by Crippen LogP contribution is -2.33. The number of carbonyl (C=O) groups excluding carboxylic acids is 2. The van der Waals surface area contributed by atoms with Gasteiger partial charge in [-0.25, -0.2) is 4.90 Å². The number of para-hydroxylation sites is 1. The van der Waals surface area contributed by atoms with Crippen molar-refractivity contribution in [3.8, 4) is 5.75 Å². The van der Waals surface area contributed by atoms with Crippen molar-refractivity contribution in [1.82, 2.24) is 0 Å². The largest absolute Gasteiger partial charge is 0.497 e. The predicted octanol–water partition coefficient (Wildman–Crippen LogP) is 4.87. The van der Waals surface area contributed by atoms with Crippen LogP contribution in [0.5, 0.6) is 5.75 Å². The molecule has 4 heteroatoms. The number of allylic oxidation sites excluding steroid dienone is 3. The summed E-state index contributed by atoms with van der Waals surface area (Å²) in [5, 5.41) is 0. The third kappa shape index (κ3) is 2.22. The molecule has 1 heterocycles. The van der Waals surface area contributed by atoms with Crippen LogP contribution in [0.2, 0.25) is 0 Å². The molecule has 0 aromatic heterocycles. The number of methoxy groups -OCH3 is 1. The van der Waals surface area contributed by atoms with Gasteiger partial charge in [0, 0.05) is 11.8 Å². The van der Waals surface area contributed by atoms with Gasteiger partial charge >= 0.3 is 0 Å². The van der Waals surface area contributed by atoms with Crippen molar-refractivity contribution in [2.45, 2.75) is 19.3 Å². The SMILES string of the molecule is COc1ccc(C=C2C3C4=C(C5CCC4C5)C2C2C(=O)N(c4ccccc4)C(=O)C32)cc1. The number of benzene rings is 2. The molecule has 160 valence electrons. The van der Waals surface area contributed by atoms with E-state index in [9.17, 15) is 9.59 Å². The molecule has 6 unspecified atom stereocenters. The minimum Gasteiger partial charge on any atom is -0.497 e. The van der Waals surface area contributed by atoms with E-state index >= 15 is 0 Å². The monoisotopic (exact) mass is 423 g/mol. The summed E-state index contributed by atoms with van der Waals surface area (Å²) < 4.78 is 5.31. The lowest BCUT2D eigenvalue weighted by molar-refractivity contribution is -0.123. The Hall–Kier alpha value is -3.14. The number of rotatable bonds is 3. The first kappa shape index (κ1) is 18.4. The van der Waals surface area contributed by atoms with Gasteiger partial charge in [-0.05, 0) is 60.9 Å². The van der Waals surface area contributed by atoms with E-state index in [2.05, 4.69) is 18.2 Å². The van der Waals surface area contributed by atoms with E-state index < -0.39 is 0 Å². The highest BCUT2D eigenvalue weighted by Gasteiger charge is 2.69. The summed E-state index contributed by atoms with van der Waals surface area (Å²) in [6.45, 7) is 0. The van der Waals surface area contributed by atoms with Gasteiger partial charge in [0.05, 0.1) is 24.6 Å². The number of hydrogen-bond donors (Lipinski definition) is 0. The van der Waals surface area contributed by atoms with E-state index in [-0.39, 0.29) is 35.5 Å². The zero-order valence-corrected chi connectivity index (χ0v) is 18.0. The fourth-order valence-electron chi connectivity index (χ4n) is 7.56. The fourth-order valence-corrected chi connectivity index (χ4v) is 7.56. The molecule has 32 heavy (non-hydrogen) atoms. The predicted molar refractivity (Wildman–Crippen MR) is 122 cm³/mol. The van der Waals surface area contributed by atoms with E-state index in [0.717, 1.165) is 11.3 Å². The second-order valence-electron chi connectivity index (χ2n) is 9.89. The number of amides is 2. The third-order valence-electron chi connectivity index (χ3n) is 8.61. The molecule has 0 radical (unpaired) electrons. The topological polar surface area (TPSA) is 46.6 Å². The average Bonchev–Trinajstić information content (AvgIpc) is 3.61. The Kier molecular flexibility index (Phi) is 3.71. The number of imide groups is 1. The Balaban J connectivity index is 1.34. The molecule has 0 N–H and O–H groups in total. The number of hydrogen-bond acceptors (Lipinski definition) is 3. The second-order valence-corrected chi connectivity index (χ2v) is 9.89. The van der Waals surface area contributed by atoms with Crippen molar-refractivity contribution in [2.24, 2.45) is 35.5 Å². The number of anilines is 1. The summed E-state index contributed by atoms with van der Waals surface area (Å²) in [5.74, 6) is 1.76. The minimum absolute atomic E-state index is 0.00588. The zero-order chi connectivity index (χ0) is 21.6. The van der Waals surface area contributed by atoms with E-state index in [0.29, 0.717) is 17.5 Å². The molecule has 1 saturated heterocycles. The third-order valence-corrected chi connectivity index (χ3v) is 8.61. The lowest BCUT2D eigenvalue weighted by atomic mass is 9.72. The minimum atomic E-state index is -0.240. The molecule has 5 aliphatic rings. The quantitative estimate of drug-likeness (QED) is 0.402. The second kappa shape index (κ2) is 6.44. The highest BCUT2D eigenvalue weighted by molar-refractivity contribution is 6.23. The summed E-state index contributed by atoms with van der Waals surface area (Å²) in [7, 11) is 1.67. The average molecular weight is 424 g/mol. The van der Waals surface area contributed by atoms with Crippen LogP contribution in [0.4, 0.5) is 5.69 Å². The summed E-state index contributed by atoms with van der Waals surface area (Å²) in [6, 6.07) is 17.5. The molecule has 4 bridgehead atoms. The standard InChI is InChI=1S/C28H25NO3/c1-32-19-11-7-15(8-12-19)13-20-23-21-16-9-10-17(14-16)22(21)24(20)26-25(23)27(30)29(28(26)31)18-5-3-2-4-6-18/h2-8,11-13,16-17,23-26H,9-10,14H2,1H3. The van der Waals surface area contributed by atoms with Crippen molar-refractivity contribution >= 4 is 23.6 Å². The van der Waals surface area contributed by atoms with E-state index in [1.165, 1.54) is 40.9 Å². The van der Waals surface area contributed by atoms with Gasteiger partial charge in [0.25, 0.3) is 0 Å². The maximum absolute atomic E-state index is 13.7. The number of ether oxygens (including phenoxy) is 1. The Morgan fingerprint density at radius 3 is 2.00 bits per heavy atom. The Labute approximate surface area is 187 Å². The van der Waals surface area contributed by atoms with Crippen molar-refractivity contribution < 1.29 is 14.3 Å². The molecule has 1 aliphatic heterocycles. The van der Waals surface area contributed by atoms with Gasteiger partial charge in [0.1, 0.15) is 5.75 Å². The fraction of sp³-hybridized carbons (Fsp3) is 0.357. The molecule has 4 aliphatic carbocycles. The number of nitrogens with zero attached hydrogens (tertiary/aromatic N) is 1. The normalized spacial score (nSPS) is 33.9. The van der Waals surface area contributed by atoms with Crippen LogP contribution >= 0.6 is 0 Å². The maximum atomic E-state index is 13.7. The van der Waals surface area contributed by atoms with Crippen molar-refractivity contribution in [3.63, 3.8) is 0 Å². The lowest BCUT2D eigenvalue weighted by Gasteiger charge is -2.28. The van der Waals surface area contributed by atoms with E-state index in [1.807, 2.05) is 42.5 Å². The van der Waals surface area contributed by atoms with Crippen LogP contribution in [0.3, 0.4) is 0 Å². The van der Waals surface area contributed by atoms with Gasteiger partial charge in [-0.15, -0.1) is 0 Å². The van der Waals surface area contributed by atoms with Crippen molar-refractivity contribution in [1.29, 1.82) is 0 Å². The molecule has 4 nitrogen and oxygen atoms in total. The number of carbonyl (C=O) groups is 2. The van der Waals surface area contributed by atoms with Gasteiger partial charge in [-0.3, -0.25) is 9.59 Å². The first-order chi connectivity index (χ1) is 15.7. The van der Waals surface area contributed by atoms with Gasteiger partial charge in [-0.2, -0.15) is 0 Å². The van der Waals surface area contributed by atoms with Crippen LogP contribution in [0, 0.1) is 35.5 Å². The molecule has 2 saturated carbocycles. The summed E-state index contributed by atoms with van der Waals surface area (Å²) >= 11 is 0. The van der Waals surface area contributed by atoms with Crippen molar-refractivity contribution in [3.05, 3.63) is 76.9 Å². The molecule has 2 aromatic carbocycles. The molecule has 3 fully saturated rings. The molecule has 2 aromatic rings. The smallest absolute Gasteiger partial charge is 0.238 e. The summed E-state index contributed by atoms with van der Waals surface area (Å²) in [5.41, 5.74) is 6.19. The first-order valence-corrected chi connectivity index (χ1v) is 11.7. The Bertz CT molecular complexity index is 1160. The Morgan fingerprint density at radius 1 is 0.844 bits per heavy atom. The summed E-state index contributed by atoms with van der Waals surface area (Å²) in [4.78, 5) is 28.9. The maximum Gasteiger partial charge on any atom is 0.238 e. The number of fused-ring (bicyclic) bond motifs is 11. The Morgan fingerprint density at radius 2 is 1.44 bits per heavy atom. The van der Waals surface area contributed by atoms with Crippen LogP contribution < -0.4 is 9.64 Å². The van der Waals surface area contributed by atoms with Gasteiger partial charge in [0.15, 0.2) is 0 Å². The van der Waals surface area contributed by atoms with E-state index in [1.54, 1.807) is 7.11 Å². The first-order valence-electron chi connectivity index (χ1n) is 11.7. The van der Waals surface area contributed by atoms with Crippen molar-refractivity contribution in [2.75, 3.05) is 12.0 Å². The summed E-state index contributed by atoms with van der Waals surface area (Å²) in [6.07, 6.45) is 5.98. The highest BCUT2D eigenvalue weighted by atomic mass is 16.5. The molecule has 0 spiro atoms. The van der Waals surface area contributed by atoms with Gasteiger partial charge in [0.2, 0.25) is 11.8 Å². The van der Waals surface area contributed by atoms with Crippen LogP contribution in [0.25, 0.3) is 6.08 Å². The molecule has 6 atom stereocenters. The molecule has 7 rings (SSSR count). The molecule has 2 amide bonds. The van der Waals surface area contributed by atoms with Crippen LogP contribution in [-0.4, -0.2) is 18.9 Å². The zero-order valence-electron chi connectivity index (χ0n) is 18.0. The highest BCUT2D eigenvalue weighted by Crippen LogP contribution is 2.70. The van der Waals surface area contributed by atoms with Gasteiger partial charge in [-0.1, -0.05) is 53.1 Å². The molecular formula is C28H25NO3. The van der Waals surface area contributed by atoms with E-state index in [4.69, 9.17) is 4.74 Å². The van der Waals surface area contributed by atoms with Crippen LogP contribution in [0.15, 0.2) is 71.3 Å². The molecular weight excluding hydrogens is 398 g/mol. The van der Waals surface area contributed by atoms with Crippen LogP contribution in [0.1, 0.15) is 24.8 Å². The van der Waals surface area contributed by atoms with Crippen LogP contribution in [-0.2, 0) is 9.59 Å². The van der Waals surface area contributed by atoms with Gasteiger partial charge < -0.3 is 4.74 Å².